The third-order valence-corrected chi connectivity index (χ3v) is 0. The van der Waals surface area contributed by atoms with Crippen LogP contribution in [0.25, 0.3) is 0 Å². The summed E-state index contributed by atoms with van der Waals surface area (Å²) in [5.41, 5.74) is 0. The summed E-state index contributed by atoms with van der Waals surface area (Å²) in [6, 6.07) is 0. The van der Waals surface area contributed by atoms with E-state index in [1.165, 1.54) is 27.9 Å². The van der Waals surface area contributed by atoms with Crippen LogP contribution in [0.5, 0.6) is 0 Å². The van der Waals surface area contributed by atoms with Gasteiger partial charge in [-0.25, -0.2) is 0 Å². The molecule has 0 fully saturated rings. The second-order valence-corrected chi connectivity index (χ2v) is 1.80. The minimum absolute atomic E-state index is 0. The van der Waals surface area contributed by atoms with Gasteiger partial charge in [-0.15, -0.1) is 0 Å². The molecule has 0 aliphatic carbocycles. The average Bonchev–Trinajstić information content (AvgIpc) is 1.36. The Labute approximate surface area is 71.1 Å². The third kappa shape index (κ3) is 176. The predicted molar refractivity (Wildman–Crippen MR) is 37.6 cm³/mol. The van der Waals surface area contributed by atoms with E-state index in [2.05, 4.69) is 4.17 Å². The Balaban J connectivity index is -0.0000000750. The molecular formula is CH11NaO4Si2. The molecule has 0 amide bonds. The minimum atomic E-state index is -4.61. The molecule has 4 N–H and O–H groups in total. The van der Waals surface area contributed by atoms with Crippen LogP contribution in [-0.4, -0.2) is 67.1 Å². The zero-order valence-corrected chi connectivity index (χ0v) is 7.29. The molecule has 0 rings (SSSR count). The zero-order chi connectivity index (χ0) is 6.50. The largest absolute Gasteiger partial charge is 0.0149 e. The van der Waals surface area contributed by atoms with Crippen molar-refractivity contribution in [2.45, 2.75) is 4.17 Å². The van der Waals surface area contributed by atoms with Crippen LogP contribution < -0.4 is 0 Å². The van der Waals surface area contributed by atoms with Crippen molar-refractivity contribution in [3.8, 4) is 0 Å². The van der Waals surface area contributed by atoms with Crippen LogP contribution in [0, 0.1) is 0 Å². The molecular weight excluding hydrogens is 155 g/mol. The standard InChI is InChI=1S/CH3.Na.H4O4Si.H4Si/c;;1-5(2,3)4;/h1H3;;1-4H;1H4. The Morgan fingerprint density at radius 2 is 1.00 bits per heavy atom. The van der Waals surface area contributed by atoms with Crippen molar-refractivity contribution in [2.75, 3.05) is 0 Å². The molecule has 4 nitrogen and oxygen atoms in total. The molecule has 0 saturated carbocycles. The van der Waals surface area contributed by atoms with Gasteiger partial charge in [-0.3, -0.25) is 0 Å². The molecule has 0 saturated heterocycles. The number of hydrogen-bond donors (Lipinski definition) is 4. The van der Waals surface area contributed by atoms with Gasteiger partial charge in [0.25, 0.3) is 0 Å². The van der Waals surface area contributed by atoms with Crippen molar-refractivity contribution < 1.29 is 19.2 Å². The fourth-order valence-electron chi connectivity index (χ4n) is 0. The van der Waals surface area contributed by atoms with Gasteiger partial charge in [0.1, 0.15) is 0 Å². The third-order valence-electron chi connectivity index (χ3n) is 0. The van der Waals surface area contributed by atoms with Crippen molar-refractivity contribution in [1.29, 1.82) is 0 Å². The number of rotatable bonds is 0. The monoisotopic (exact) mass is 166 g/mol. The van der Waals surface area contributed by atoms with Crippen molar-refractivity contribution in [1.82, 2.24) is 0 Å². The van der Waals surface area contributed by atoms with E-state index in [1.807, 2.05) is 0 Å². The van der Waals surface area contributed by atoms with E-state index in [9.17, 15) is 0 Å². The molecule has 0 aromatic heterocycles. The maximum Gasteiger partial charge on any atom is -0.0149 e. The van der Waals surface area contributed by atoms with Crippen molar-refractivity contribution in [3.63, 3.8) is 0 Å². The topological polar surface area (TPSA) is 80.9 Å². The van der Waals surface area contributed by atoms with Crippen LogP contribution in [0.15, 0.2) is 0 Å². The molecule has 7 heteroatoms. The van der Waals surface area contributed by atoms with Crippen LogP contribution >= 0.6 is 0 Å². The van der Waals surface area contributed by atoms with Gasteiger partial charge in [-0.2, -0.15) is 0 Å². The molecule has 0 atom stereocenters. The van der Waals surface area contributed by atoms with Gasteiger partial charge < -0.3 is 19.2 Å². The molecule has 0 aliphatic rings. The molecule has 0 bridgehead atoms. The van der Waals surface area contributed by atoms with E-state index in [0.29, 0.717) is 0 Å². The van der Waals surface area contributed by atoms with Gasteiger partial charge in [-0.05, 0) is 11.0 Å². The van der Waals surface area contributed by atoms with Crippen LogP contribution in [-0.2, 0) is 0 Å². The summed E-state index contributed by atoms with van der Waals surface area (Å²) in [5, 5.41) is 0. The van der Waals surface area contributed by atoms with E-state index < -0.39 is 9.05 Å². The summed E-state index contributed by atoms with van der Waals surface area (Å²) in [6.07, 6.45) is 0. The van der Waals surface area contributed by atoms with Gasteiger partial charge in [0.05, 0.1) is 0 Å². The first kappa shape index (κ1) is 16.1. The zero-order valence-electron chi connectivity index (χ0n) is 4.29. The van der Waals surface area contributed by atoms with Crippen molar-refractivity contribution in [3.05, 3.63) is 0 Å². The van der Waals surface area contributed by atoms with Gasteiger partial charge in [0.2, 0.25) is 0 Å². The normalized spacial score (nSPS) is 8.38. The Morgan fingerprint density at radius 3 is 1.00 bits per heavy atom. The van der Waals surface area contributed by atoms with E-state index >= 15 is 0 Å². The summed E-state index contributed by atoms with van der Waals surface area (Å²) < 4.78 is 2.14. The summed E-state index contributed by atoms with van der Waals surface area (Å²) in [7, 11) is -4.61. The Morgan fingerprint density at radius 1 is 1.00 bits per heavy atom. The van der Waals surface area contributed by atoms with E-state index in [4.69, 9.17) is 19.2 Å². The first-order valence-electron chi connectivity index (χ1n) is 1.89. The van der Waals surface area contributed by atoms with Crippen LogP contribution in [0.2, 0.25) is 4.17 Å². The summed E-state index contributed by atoms with van der Waals surface area (Å²) >= 11 is 1.31. The van der Waals surface area contributed by atoms with Gasteiger partial charge >= 0.3 is 41.2 Å². The van der Waals surface area contributed by atoms with Crippen LogP contribution in [0.4, 0.5) is 0 Å². The SMILES string of the molecule is O[Si](O)(O)O.[CH3][Na].[SiH4]. The summed E-state index contributed by atoms with van der Waals surface area (Å²) in [4.78, 5) is 29.3. The molecule has 0 heterocycles. The van der Waals surface area contributed by atoms with Crippen LogP contribution in [0.1, 0.15) is 0 Å². The summed E-state index contributed by atoms with van der Waals surface area (Å²) in [5.74, 6) is 0. The molecule has 0 unspecified atom stereocenters. The van der Waals surface area contributed by atoms with E-state index in [0.717, 1.165) is 0 Å². The van der Waals surface area contributed by atoms with Crippen molar-refractivity contribution >= 4 is 47.9 Å². The second kappa shape index (κ2) is 8.27. The molecule has 0 spiro atoms. The average molecular weight is 166 g/mol. The Kier molecular flexibility index (Phi) is 16.7. The molecule has 48 valence electrons. The maximum absolute atomic E-state index is 7.33. The van der Waals surface area contributed by atoms with E-state index in [1.54, 1.807) is 0 Å². The second-order valence-electron chi connectivity index (χ2n) is 0.600. The molecule has 0 aliphatic heterocycles. The van der Waals surface area contributed by atoms with Gasteiger partial charge in [-0.1, -0.05) is 0 Å². The molecule has 0 aromatic carbocycles. The fraction of sp³-hybridized carbons (Fsp3) is 1.00. The Hall–Kier alpha value is 1.27. The molecule has 0 radical (unpaired) electrons. The van der Waals surface area contributed by atoms with Gasteiger partial charge in [0, 0.05) is 0 Å². The first-order chi connectivity index (χ1) is 3.00. The smallest absolute Gasteiger partial charge is 0.0149 e. The maximum atomic E-state index is 7.33. The fourth-order valence-corrected chi connectivity index (χ4v) is 0. The predicted octanol–water partition coefficient (Wildman–Crippen LogP) is -3.86. The Bertz CT molecular complexity index is 29.5. The van der Waals surface area contributed by atoms with Crippen LogP contribution in [0.3, 0.4) is 0 Å². The molecule has 8 heavy (non-hydrogen) atoms. The first-order valence-corrected chi connectivity index (χ1v) is 5.68. The van der Waals surface area contributed by atoms with Gasteiger partial charge in [0.15, 0.2) is 0 Å². The minimum Gasteiger partial charge on any atom is -0.0149 e. The summed E-state index contributed by atoms with van der Waals surface area (Å²) in [6.45, 7) is 0. The molecule has 0 aromatic rings. The van der Waals surface area contributed by atoms with Crippen molar-refractivity contribution in [2.24, 2.45) is 0 Å². The quantitative estimate of drug-likeness (QED) is 0.278. The number of hydrogen-bond acceptors (Lipinski definition) is 4. The van der Waals surface area contributed by atoms with E-state index in [-0.39, 0.29) is 11.0 Å².